The van der Waals surface area contributed by atoms with Gasteiger partial charge in [0.05, 0.1) is 5.41 Å². The van der Waals surface area contributed by atoms with Crippen LogP contribution in [0.2, 0.25) is 0 Å². The van der Waals surface area contributed by atoms with Crippen LogP contribution >= 0.6 is 0 Å². The Morgan fingerprint density at radius 1 is 1.50 bits per heavy atom. The number of nitrogens with one attached hydrogen (secondary N) is 1. The molecule has 6 nitrogen and oxygen atoms in total. The minimum absolute atomic E-state index is 0.178. The molecule has 1 aromatic rings. The van der Waals surface area contributed by atoms with Gasteiger partial charge in [-0.3, -0.25) is 14.6 Å². The second kappa shape index (κ2) is 5.48. The number of primary amides is 1. The summed E-state index contributed by atoms with van der Waals surface area (Å²) in [5.74, 6) is -1.43. The van der Waals surface area contributed by atoms with E-state index in [0.29, 0.717) is 18.7 Å². The fourth-order valence-electron chi connectivity index (χ4n) is 1.30. The highest BCUT2D eigenvalue weighted by molar-refractivity contribution is 5.91. The first kappa shape index (κ1) is 14.0. The van der Waals surface area contributed by atoms with Crippen LogP contribution in [0.15, 0.2) is 18.3 Å². The molecule has 6 heteroatoms. The lowest BCUT2D eigenvalue weighted by molar-refractivity contribution is -0.147. The van der Waals surface area contributed by atoms with E-state index >= 15 is 0 Å². The molecule has 0 saturated heterocycles. The normalized spacial score (nSPS) is 11.0. The molecule has 0 aliphatic rings. The molecule has 98 valence electrons. The smallest absolute Gasteiger partial charge is 0.309 e. The standard InChI is InChI=1S/C12H17N3O3/c1-12(2,11(17)18)4-6-14-8-3-5-15-9(7-8)10(13)16/h3,5,7H,4,6H2,1-2H3,(H2,13,16)(H,14,15)(H,17,18). The highest BCUT2D eigenvalue weighted by Gasteiger charge is 2.26. The summed E-state index contributed by atoms with van der Waals surface area (Å²) in [5, 5.41) is 12.0. The number of amides is 1. The molecular formula is C12H17N3O3. The summed E-state index contributed by atoms with van der Waals surface area (Å²) in [6.07, 6.45) is 1.95. The zero-order chi connectivity index (χ0) is 13.8. The predicted molar refractivity (Wildman–Crippen MR) is 67.3 cm³/mol. The van der Waals surface area contributed by atoms with Gasteiger partial charge in [-0.2, -0.15) is 0 Å². The third-order valence-electron chi connectivity index (χ3n) is 2.67. The van der Waals surface area contributed by atoms with Gasteiger partial charge in [0.15, 0.2) is 0 Å². The minimum Gasteiger partial charge on any atom is -0.481 e. The number of aromatic nitrogens is 1. The number of carboxylic acid groups (broad SMARTS) is 1. The topological polar surface area (TPSA) is 105 Å². The first-order valence-corrected chi connectivity index (χ1v) is 5.56. The van der Waals surface area contributed by atoms with Crippen LogP contribution in [0.4, 0.5) is 5.69 Å². The van der Waals surface area contributed by atoms with E-state index in [1.165, 1.54) is 12.3 Å². The van der Waals surface area contributed by atoms with Crippen LogP contribution in [-0.2, 0) is 4.79 Å². The molecule has 0 aliphatic heterocycles. The van der Waals surface area contributed by atoms with Crippen molar-refractivity contribution in [3.63, 3.8) is 0 Å². The molecular weight excluding hydrogens is 234 g/mol. The largest absolute Gasteiger partial charge is 0.481 e. The zero-order valence-electron chi connectivity index (χ0n) is 10.4. The number of nitrogens with zero attached hydrogens (tertiary/aromatic N) is 1. The summed E-state index contributed by atoms with van der Waals surface area (Å²) < 4.78 is 0. The maximum absolute atomic E-state index is 10.9. The summed E-state index contributed by atoms with van der Waals surface area (Å²) >= 11 is 0. The van der Waals surface area contributed by atoms with Crippen LogP contribution < -0.4 is 11.1 Å². The number of carboxylic acids is 1. The van der Waals surface area contributed by atoms with E-state index in [9.17, 15) is 9.59 Å². The van der Waals surface area contributed by atoms with Crippen LogP contribution in [-0.4, -0.2) is 28.5 Å². The molecule has 0 fully saturated rings. The molecule has 0 aromatic carbocycles. The zero-order valence-corrected chi connectivity index (χ0v) is 10.4. The number of rotatable bonds is 6. The molecule has 0 unspecified atom stereocenters. The highest BCUT2D eigenvalue weighted by Crippen LogP contribution is 2.20. The molecule has 0 radical (unpaired) electrons. The van der Waals surface area contributed by atoms with E-state index in [0.717, 1.165) is 0 Å². The second-order valence-corrected chi connectivity index (χ2v) is 4.66. The van der Waals surface area contributed by atoms with Gasteiger partial charge in [0, 0.05) is 18.4 Å². The predicted octanol–water partition coefficient (Wildman–Crippen LogP) is 1.09. The van der Waals surface area contributed by atoms with Gasteiger partial charge in [-0.15, -0.1) is 0 Å². The van der Waals surface area contributed by atoms with Gasteiger partial charge in [-0.1, -0.05) is 0 Å². The number of anilines is 1. The van der Waals surface area contributed by atoms with Crippen LogP contribution in [0.5, 0.6) is 0 Å². The third kappa shape index (κ3) is 3.73. The first-order valence-electron chi connectivity index (χ1n) is 5.56. The van der Waals surface area contributed by atoms with Crippen molar-refractivity contribution in [3.05, 3.63) is 24.0 Å². The first-order chi connectivity index (χ1) is 8.33. The Bertz CT molecular complexity index is 458. The molecule has 0 atom stereocenters. The average molecular weight is 251 g/mol. The fourth-order valence-corrected chi connectivity index (χ4v) is 1.30. The number of hydrogen-bond donors (Lipinski definition) is 3. The van der Waals surface area contributed by atoms with Crippen molar-refractivity contribution < 1.29 is 14.7 Å². The SMILES string of the molecule is CC(C)(CCNc1ccnc(C(N)=O)c1)C(=O)O. The molecule has 4 N–H and O–H groups in total. The van der Waals surface area contributed by atoms with Crippen LogP contribution in [0.1, 0.15) is 30.8 Å². The summed E-state index contributed by atoms with van der Waals surface area (Å²) in [4.78, 5) is 25.7. The summed E-state index contributed by atoms with van der Waals surface area (Å²) in [6.45, 7) is 3.82. The van der Waals surface area contributed by atoms with Gasteiger partial charge in [0.1, 0.15) is 5.69 Å². The molecule has 0 aliphatic carbocycles. The number of aliphatic carboxylic acids is 1. The highest BCUT2D eigenvalue weighted by atomic mass is 16.4. The lowest BCUT2D eigenvalue weighted by Gasteiger charge is -2.19. The molecule has 1 aromatic heterocycles. The van der Waals surface area contributed by atoms with Gasteiger partial charge in [0.25, 0.3) is 5.91 Å². The van der Waals surface area contributed by atoms with Crippen molar-refractivity contribution in [1.29, 1.82) is 0 Å². The van der Waals surface area contributed by atoms with Gasteiger partial charge < -0.3 is 16.2 Å². The number of carbonyl (C=O) groups is 2. The molecule has 1 rings (SSSR count). The molecule has 18 heavy (non-hydrogen) atoms. The Kier molecular flexibility index (Phi) is 4.25. The minimum atomic E-state index is -0.836. The summed E-state index contributed by atoms with van der Waals surface area (Å²) in [6, 6.07) is 3.23. The number of hydrogen-bond acceptors (Lipinski definition) is 4. The van der Waals surface area contributed by atoms with Crippen molar-refractivity contribution >= 4 is 17.6 Å². The third-order valence-corrected chi connectivity index (χ3v) is 2.67. The lowest BCUT2D eigenvalue weighted by atomic mass is 9.90. The van der Waals surface area contributed by atoms with Crippen LogP contribution in [0, 0.1) is 5.41 Å². The van der Waals surface area contributed by atoms with Gasteiger partial charge in [0.2, 0.25) is 0 Å². The Balaban J connectivity index is 2.57. The Morgan fingerprint density at radius 3 is 2.72 bits per heavy atom. The summed E-state index contributed by atoms with van der Waals surface area (Å²) in [5.41, 5.74) is 5.20. The quantitative estimate of drug-likeness (QED) is 0.702. The molecule has 0 saturated carbocycles. The van der Waals surface area contributed by atoms with Crippen molar-refractivity contribution in [2.75, 3.05) is 11.9 Å². The number of pyridine rings is 1. The molecule has 0 spiro atoms. The van der Waals surface area contributed by atoms with E-state index < -0.39 is 17.3 Å². The van der Waals surface area contributed by atoms with E-state index in [4.69, 9.17) is 10.8 Å². The molecule has 1 amide bonds. The van der Waals surface area contributed by atoms with E-state index in [1.807, 2.05) is 0 Å². The van der Waals surface area contributed by atoms with E-state index in [-0.39, 0.29) is 5.69 Å². The van der Waals surface area contributed by atoms with Crippen molar-refractivity contribution in [1.82, 2.24) is 4.98 Å². The fraction of sp³-hybridized carbons (Fsp3) is 0.417. The van der Waals surface area contributed by atoms with Crippen molar-refractivity contribution in [2.45, 2.75) is 20.3 Å². The molecule has 0 bridgehead atoms. The Morgan fingerprint density at radius 2 is 2.17 bits per heavy atom. The van der Waals surface area contributed by atoms with Gasteiger partial charge >= 0.3 is 5.97 Å². The van der Waals surface area contributed by atoms with Crippen LogP contribution in [0.3, 0.4) is 0 Å². The van der Waals surface area contributed by atoms with Crippen molar-refractivity contribution in [3.8, 4) is 0 Å². The number of carbonyl (C=O) groups excluding carboxylic acids is 1. The Labute approximate surface area is 105 Å². The van der Waals surface area contributed by atoms with E-state index in [1.54, 1.807) is 19.9 Å². The Hall–Kier alpha value is -2.11. The summed E-state index contributed by atoms with van der Waals surface area (Å²) in [7, 11) is 0. The van der Waals surface area contributed by atoms with Gasteiger partial charge in [-0.25, -0.2) is 0 Å². The lowest BCUT2D eigenvalue weighted by Crippen LogP contribution is -2.26. The monoisotopic (exact) mass is 251 g/mol. The number of nitrogens with two attached hydrogens (primary N) is 1. The average Bonchev–Trinajstić information content (AvgIpc) is 2.29. The van der Waals surface area contributed by atoms with Crippen molar-refractivity contribution in [2.24, 2.45) is 11.1 Å². The second-order valence-electron chi connectivity index (χ2n) is 4.66. The van der Waals surface area contributed by atoms with E-state index in [2.05, 4.69) is 10.3 Å². The molecule has 1 heterocycles. The maximum atomic E-state index is 10.9. The van der Waals surface area contributed by atoms with Crippen LogP contribution in [0.25, 0.3) is 0 Å². The maximum Gasteiger partial charge on any atom is 0.309 e. The van der Waals surface area contributed by atoms with Gasteiger partial charge in [-0.05, 0) is 32.4 Å².